The number of hydrogen-bond donors (Lipinski definition) is 1. The average molecular weight is 507 g/mol. The zero-order valence-electron chi connectivity index (χ0n) is 14.6. The average Bonchev–Trinajstić information content (AvgIpc) is 2.67. The molecule has 2 rings (SSSR count). The predicted octanol–water partition coefficient (Wildman–Crippen LogP) is 7.30. The van der Waals surface area contributed by atoms with Crippen LogP contribution >= 0.6 is 46.6 Å². The van der Waals surface area contributed by atoms with E-state index in [0.717, 1.165) is 0 Å². The van der Waals surface area contributed by atoms with Gasteiger partial charge < -0.3 is 4.74 Å². The van der Waals surface area contributed by atoms with Gasteiger partial charge in [-0.1, -0.05) is 59.6 Å². The number of ether oxygens (including phenoxy) is 1. The van der Waals surface area contributed by atoms with Crippen LogP contribution < -0.4 is 10.2 Å². The summed E-state index contributed by atoms with van der Waals surface area (Å²) in [5.41, 5.74) is 2.87. The van der Waals surface area contributed by atoms with Crippen molar-refractivity contribution in [2.75, 3.05) is 12.0 Å². The van der Waals surface area contributed by atoms with Crippen molar-refractivity contribution in [2.24, 2.45) is 5.10 Å². The molecular formula is C17H11Cl3F5N3OS. The topological polar surface area (TPSA) is 46.5 Å². The molecule has 1 aromatic heterocycles. The zero-order valence-corrected chi connectivity index (χ0v) is 17.7. The fourth-order valence-electron chi connectivity index (χ4n) is 1.87. The Hall–Kier alpha value is -1.75. The van der Waals surface area contributed by atoms with Crippen LogP contribution in [-0.4, -0.2) is 29.2 Å². The third-order valence-corrected chi connectivity index (χ3v) is 5.64. The van der Waals surface area contributed by atoms with E-state index in [9.17, 15) is 22.0 Å². The number of para-hydroxylation sites is 1. The predicted molar refractivity (Wildman–Crippen MR) is 109 cm³/mol. The third-order valence-electron chi connectivity index (χ3n) is 3.21. The molecule has 0 atom stereocenters. The molecule has 0 aliphatic rings. The molecule has 30 heavy (non-hydrogen) atoms. The highest BCUT2D eigenvalue weighted by molar-refractivity contribution is 8.00. The smallest absolute Gasteiger partial charge is 0.464 e. The minimum absolute atomic E-state index is 0.243. The first-order valence-electron chi connectivity index (χ1n) is 7.77. The number of hydrazone groups is 1. The van der Waals surface area contributed by atoms with Crippen LogP contribution in [0.15, 0.2) is 46.9 Å². The normalized spacial score (nSPS) is 12.3. The molecule has 0 spiro atoms. The maximum atomic E-state index is 13.4. The molecule has 13 heteroatoms. The van der Waals surface area contributed by atoms with Gasteiger partial charge in [0.2, 0.25) is 0 Å². The number of pyridine rings is 1. The van der Waals surface area contributed by atoms with E-state index in [2.05, 4.69) is 22.1 Å². The summed E-state index contributed by atoms with van der Waals surface area (Å²) in [6.45, 7) is 3.78. The van der Waals surface area contributed by atoms with Gasteiger partial charge in [0, 0.05) is 5.56 Å². The maximum Gasteiger partial charge on any atom is 0.464 e. The molecule has 1 aromatic carbocycles. The van der Waals surface area contributed by atoms with Crippen molar-refractivity contribution in [2.45, 2.75) is 16.3 Å². The van der Waals surface area contributed by atoms with Crippen LogP contribution in [-0.2, 0) is 0 Å². The number of thioether (sulfide) groups is 1. The Balaban J connectivity index is 2.31. The van der Waals surface area contributed by atoms with Crippen molar-refractivity contribution >= 4 is 58.6 Å². The van der Waals surface area contributed by atoms with Crippen LogP contribution in [0.4, 0.5) is 27.8 Å². The van der Waals surface area contributed by atoms with Crippen LogP contribution in [0.2, 0.25) is 15.2 Å². The van der Waals surface area contributed by atoms with Gasteiger partial charge in [-0.2, -0.15) is 27.1 Å². The Bertz CT molecular complexity index is 957. The third kappa shape index (κ3) is 5.90. The highest BCUT2D eigenvalue weighted by atomic mass is 35.5. The second kappa shape index (κ2) is 10.0. The van der Waals surface area contributed by atoms with Crippen molar-refractivity contribution < 1.29 is 26.7 Å². The van der Waals surface area contributed by atoms with E-state index in [-0.39, 0.29) is 12.4 Å². The fraction of sp³-hybridized carbons (Fsp3) is 0.176. The van der Waals surface area contributed by atoms with E-state index in [1.165, 1.54) is 6.21 Å². The van der Waals surface area contributed by atoms with Crippen molar-refractivity contribution in [3.05, 3.63) is 57.7 Å². The summed E-state index contributed by atoms with van der Waals surface area (Å²) in [6, 6.07) is 6.77. The molecule has 2 aromatic rings. The molecule has 162 valence electrons. The molecule has 0 saturated carbocycles. The molecule has 0 radical (unpaired) electrons. The molecule has 0 amide bonds. The van der Waals surface area contributed by atoms with Gasteiger partial charge >= 0.3 is 11.4 Å². The SMILES string of the molecule is C=CCOc1ccccc1C=NNc1nc(Cl)c(Cl)c(SC(F)(F)C(F)(F)F)c1Cl. The number of anilines is 1. The van der Waals surface area contributed by atoms with E-state index in [4.69, 9.17) is 39.5 Å². The summed E-state index contributed by atoms with van der Waals surface area (Å²) in [7, 11) is 0. The molecular weight excluding hydrogens is 496 g/mol. The molecule has 4 nitrogen and oxygen atoms in total. The standard InChI is InChI=1S/C17H11Cl3F5N3OS/c1-2-7-29-10-6-4-3-5-9(10)8-26-28-15-12(19)13(11(18)14(20)27-15)30-17(24,25)16(21,22)23/h2-6,8H,1,7H2,(H,27,28). The van der Waals surface area contributed by atoms with Crippen LogP contribution in [0.3, 0.4) is 0 Å². The summed E-state index contributed by atoms with van der Waals surface area (Å²) in [5.74, 6) is 0.101. The Kier molecular flexibility index (Phi) is 8.20. The van der Waals surface area contributed by atoms with Crippen LogP contribution in [0.5, 0.6) is 5.75 Å². The number of halogens is 8. The molecule has 0 aliphatic carbocycles. The minimum atomic E-state index is -5.83. The van der Waals surface area contributed by atoms with Gasteiger partial charge in [-0.15, -0.1) is 0 Å². The minimum Gasteiger partial charge on any atom is -0.489 e. The summed E-state index contributed by atoms with van der Waals surface area (Å²) in [4.78, 5) is 2.92. The van der Waals surface area contributed by atoms with Gasteiger partial charge in [0.15, 0.2) is 11.0 Å². The number of hydrogen-bond acceptors (Lipinski definition) is 5. The molecule has 0 bridgehead atoms. The van der Waals surface area contributed by atoms with Crippen molar-refractivity contribution in [3.63, 3.8) is 0 Å². The number of alkyl halides is 5. The first-order valence-corrected chi connectivity index (χ1v) is 9.72. The monoisotopic (exact) mass is 505 g/mol. The number of nitrogens with zero attached hydrogens (tertiary/aromatic N) is 2. The second-order valence-corrected chi connectivity index (χ2v) is 7.57. The zero-order chi connectivity index (χ0) is 22.5. The van der Waals surface area contributed by atoms with Gasteiger partial charge in [-0.3, -0.25) is 5.43 Å². The Morgan fingerprint density at radius 3 is 2.43 bits per heavy atom. The largest absolute Gasteiger partial charge is 0.489 e. The van der Waals surface area contributed by atoms with Gasteiger partial charge in [0.05, 0.1) is 16.1 Å². The van der Waals surface area contributed by atoms with Crippen LogP contribution in [0.1, 0.15) is 5.56 Å². The Morgan fingerprint density at radius 1 is 1.13 bits per heavy atom. The van der Waals surface area contributed by atoms with Crippen LogP contribution in [0, 0.1) is 0 Å². The van der Waals surface area contributed by atoms with Gasteiger partial charge in [0.25, 0.3) is 0 Å². The van der Waals surface area contributed by atoms with Crippen molar-refractivity contribution in [1.82, 2.24) is 4.98 Å². The summed E-state index contributed by atoms with van der Waals surface area (Å²) in [5, 5.41) is -3.09. The van der Waals surface area contributed by atoms with E-state index in [0.29, 0.717) is 11.3 Å². The van der Waals surface area contributed by atoms with E-state index in [1.807, 2.05) is 0 Å². The summed E-state index contributed by atoms with van der Waals surface area (Å²) in [6.07, 6.45) is -2.99. The Labute approximate surface area is 187 Å². The molecule has 0 aliphatic heterocycles. The van der Waals surface area contributed by atoms with E-state index >= 15 is 0 Å². The Morgan fingerprint density at radius 2 is 1.80 bits per heavy atom. The number of nitrogens with one attached hydrogen (secondary N) is 1. The lowest BCUT2D eigenvalue weighted by Gasteiger charge is -2.20. The highest BCUT2D eigenvalue weighted by Gasteiger charge is 2.59. The lowest BCUT2D eigenvalue weighted by atomic mass is 10.2. The molecule has 1 N–H and O–H groups in total. The summed E-state index contributed by atoms with van der Waals surface area (Å²) >= 11 is 16.5. The number of rotatable bonds is 8. The molecule has 0 unspecified atom stereocenters. The fourth-order valence-corrected chi connectivity index (χ4v) is 3.45. The second-order valence-electron chi connectivity index (χ2n) is 5.33. The van der Waals surface area contributed by atoms with Gasteiger partial charge in [0.1, 0.15) is 17.4 Å². The molecule has 0 fully saturated rings. The summed E-state index contributed by atoms with van der Waals surface area (Å²) < 4.78 is 69.9. The van der Waals surface area contributed by atoms with E-state index in [1.54, 1.807) is 30.3 Å². The number of benzene rings is 1. The van der Waals surface area contributed by atoms with Gasteiger partial charge in [-0.25, -0.2) is 4.98 Å². The van der Waals surface area contributed by atoms with Crippen LogP contribution in [0.25, 0.3) is 0 Å². The van der Waals surface area contributed by atoms with E-state index < -0.39 is 43.3 Å². The highest BCUT2D eigenvalue weighted by Crippen LogP contribution is 2.52. The van der Waals surface area contributed by atoms with Crippen molar-refractivity contribution in [1.29, 1.82) is 0 Å². The number of aromatic nitrogens is 1. The lowest BCUT2D eigenvalue weighted by molar-refractivity contribution is -0.237. The maximum absolute atomic E-state index is 13.4. The molecule has 1 heterocycles. The quantitative estimate of drug-likeness (QED) is 0.102. The van der Waals surface area contributed by atoms with Gasteiger partial charge in [-0.05, 0) is 23.9 Å². The molecule has 0 saturated heterocycles. The van der Waals surface area contributed by atoms with Crippen molar-refractivity contribution in [3.8, 4) is 5.75 Å². The first kappa shape index (κ1) is 24.5. The lowest BCUT2D eigenvalue weighted by Crippen LogP contribution is -2.32. The first-order chi connectivity index (χ1) is 14.0.